The van der Waals surface area contributed by atoms with Crippen molar-refractivity contribution >= 4 is 11.8 Å². The Labute approximate surface area is 108 Å². The topological polar surface area (TPSA) is 28.2 Å². The van der Waals surface area contributed by atoms with E-state index >= 15 is 0 Å². The van der Waals surface area contributed by atoms with E-state index in [4.69, 9.17) is 0 Å². The standard InChI is InChI=1S/C13H21N3S/c1-16(13-4-8-17-11-13)7-6-15-10-12-3-2-5-14-9-12/h2-3,5,9,13,15H,4,6-8,10-11H2,1H3. The zero-order valence-electron chi connectivity index (χ0n) is 10.4. The van der Waals surface area contributed by atoms with E-state index in [1.807, 2.05) is 18.5 Å². The Bertz CT molecular complexity index is 312. The first-order valence-corrected chi connectivity index (χ1v) is 7.39. The quantitative estimate of drug-likeness (QED) is 0.778. The smallest absolute Gasteiger partial charge is 0.0312 e. The Balaban J connectivity index is 1.59. The minimum absolute atomic E-state index is 0.792. The molecule has 2 heterocycles. The molecule has 0 aromatic carbocycles. The second-order valence-electron chi connectivity index (χ2n) is 4.54. The molecule has 17 heavy (non-hydrogen) atoms. The summed E-state index contributed by atoms with van der Waals surface area (Å²) in [5, 5.41) is 3.47. The van der Waals surface area contributed by atoms with Crippen LogP contribution in [0.25, 0.3) is 0 Å². The van der Waals surface area contributed by atoms with Crippen molar-refractivity contribution in [1.82, 2.24) is 15.2 Å². The first-order valence-electron chi connectivity index (χ1n) is 6.24. The molecule has 0 amide bonds. The molecule has 94 valence electrons. The van der Waals surface area contributed by atoms with Gasteiger partial charge in [0.25, 0.3) is 0 Å². The molecule has 0 spiro atoms. The summed E-state index contributed by atoms with van der Waals surface area (Å²) in [6, 6.07) is 4.89. The highest BCUT2D eigenvalue weighted by Gasteiger charge is 2.19. The number of nitrogens with zero attached hydrogens (tertiary/aromatic N) is 2. The molecule has 1 aromatic heterocycles. The second-order valence-corrected chi connectivity index (χ2v) is 5.69. The molecule has 0 radical (unpaired) electrons. The van der Waals surface area contributed by atoms with Gasteiger partial charge in [0, 0.05) is 43.8 Å². The SMILES string of the molecule is CN(CCNCc1cccnc1)C1CCSC1. The third-order valence-corrected chi connectivity index (χ3v) is 4.37. The van der Waals surface area contributed by atoms with Crippen LogP contribution in [0.2, 0.25) is 0 Å². The zero-order valence-corrected chi connectivity index (χ0v) is 11.2. The summed E-state index contributed by atoms with van der Waals surface area (Å²) in [5.74, 6) is 2.64. The van der Waals surface area contributed by atoms with Crippen molar-refractivity contribution in [2.75, 3.05) is 31.6 Å². The van der Waals surface area contributed by atoms with E-state index < -0.39 is 0 Å². The molecule has 1 fully saturated rings. The van der Waals surface area contributed by atoms with Gasteiger partial charge in [0.2, 0.25) is 0 Å². The molecule has 1 aliphatic heterocycles. The molecule has 0 bridgehead atoms. The van der Waals surface area contributed by atoms with Crippen molar-refractivity contribution in [2.45, 2.75) is 19.0 Å². The lowest BCUT2D eigenvalue weighted by molar-refractivity contribution is 0.262. The Kier molecular flexibility index (Phi) is 5.29. The molecule has 1 atom stereocenters. The van der Waals surface area contributed by atoms with Crippen LogP contribution in [0, 0.1) is 0 Å². The van der Waals surface area contributed by atoms with Crippen LogP contribution in [0.4, 0.5) is 0 Å². The number of hydrogen-bond acceptors (Lipinski definition) is 4. The van der Waals surface area contributed by atoms with Gasteiger partial charge in [-0.2, -0.15) is 11.8 Å². The van der Waals surface area contributed by atoms with Crippen LogP contribution >= 0.6 is 11.8 Å². The fraction of sp³-hybridized carbons (Fsp3) is 0.615. The van der Waals surface area contributed by atoms with Gasteiger partial charge in [-0.15, -0.1) is 0 Å². The fourth-order valence-corrected chi connectivity index (χ4v) is 3.34. The molecular formula is C13H21N3S. The maximum Gasteiger partial charge on any atom is 0.0312 e. The summed E-state index contributed by atoms with van der Waals surface area (Å²) in [7, 11) is 2.24. The summed E-state index contributed by atoms with van der Waals surface area (Å²) >= 11 is 2.08. The van der Waals surface area contributed by atoms with Crippen LogP contribution in [0.15, 0.2) is 24.5 Å². The van der Waals surface area contributed by atoms with E-state index in [0.29, 0.717) is 0 Å². The van der Waals surface area contributed by atoms with Gasteiger partial charge in [0.15, 0.2) is 0 Å². The van der Waals surface area contributed by atoms with Crippen molar-refractivity contribution in [2.24, 2.45) is 0 Å². The molecule has 1 saturated heterocycles. The van der Waals surface area contributed by atoms with Crippen LogP contribution in [0.5, 0.6) is 0 Å². The predicted octanol–water partition coefficient (Wildman–Crippen LogP) is 1.61. The first-order chi connectivity index (χ1) is 8.36. The van der Waals surface area contributed by atoms with Crippen LogP contribution in [-0.2, 0) is 6.54 Å². The highest BCUT2D eigenvalue weighted by Crippen LogP contribution is 2.20. The van der Waals surface area contributed by atoms with Crippen molar-refractivity contribution in [3.8, 4) is 0 Å². The molecular weight excluding hydrogens is 230 g/mol. The average Bonchev–Trinajstić information content (AvgIpc) is 2.89. The van der Waals surface area contributed by atoms with E-state index in [9.17, 15) is 0 Å². The van der Waals surface area contributed by atoms with Gasteiger partial charge in [-0.25, -0.2) is 0 Å². The van der Waals surface area contributed by atoms with Crippen LogP contribution in [-0.4, -0.2) is 47.6 Å². The number of likely N-dealkylation sites (N-methyl/N-ethyl adjacent to an activating group) is 1. The molecule has 0 aliphatic carbocycles. The molecule has 1 aromatic rings. The van der Waals surface area contributed by atoms with Crippen molar-refractivity contribution in [1.29, 1.82) is 0 Å². The molecule has 2 rings (SSSR count). The van der Waals surface area contributed by atoms with Gasteiger partial charge in [0.1, 0.15) is 0 Å². The van der Waals surface area contributed by atoms with Gasteiger partial charge in [-0.1, -0.05) is 6.07 Å². The van der Waals surface area contributed by atoms with E-state index in [1.165, 1.54) is 23.5 Å². The van der Waals surface area contributed by atoms with Crippen molar-refractivity contribution in [3.63, 3.8) is 0 Å². The lowest BCUT2D eigenvalue weighted by Gasteiger charge is -2.23. The third-order valence-electron chi connectivity index (χ3n) is 3.22. The minimum Gasteiger partial charge on any atom is -0.311 e. The molecule has 0 saturated carbocycles. The maximum absolute atomic E-state index is 4.11. The van der Waals surface area contributed by atoms with Gasteiger partial charge in [-0.3, -0.25) is 4.98 Å². The molecule has 3 nitrogen and oxygen atoms in total. The van der Waals surface area contributed by atoms with Gasteiger partial charge in [0.05, 0.1) is 0 Å². The average molecular weight is 251 g/mol. The number of nitrogens with one attached hydrogen (secondary N) is 1. The van der Waals surface area contributed by atoms with E-state index in [0.717, 1.165) is 25.7 Å². The van der Waals surface area contributed by atoms with E-state index in [-0.39, 0.29) is 0 Å². The van der Waals surface area contributed by atoms with Crippen LogP contribution in [0.3, 0.4) is 0 Å². The highest BCUT2D eigenvalue weighted by molar-refractivity contribution is 7.99. The maximum atomic E-state index is 4.11. The predicted molar refractivity (Wildman–Crippen MR) is 74.3 cm³/mol. The monoisotopic (exact) mass is 251 g/mol. The highest BCUT2D eigenvalue weighted by atomic mass is 32.2. The normalized spacial score (nSPS) is 20.0. The zero-order chi connectivity index (χ0) is 11.9. The summed E-state index contributed by atoms with van der Waals surface area (Å²) in [5.41, 5.74) is 1.26. The minimum atomic E-state index is 0.792. The van der Waals surface area contributed by atoms with Gasteiger partial charge < -0.3 is 10.2 Å². The molecule has 1 unspecified atom stereocenters. The van der Waals surface area contributed by atoms with Crippen molar-refractivity contribution in [3.05, 3.63) is 30.1 Å². The summed E-state index contributed by atoms with van der Waals surface area (Å²) < 4.78 is 0. The first kappa shape index (κ1) is 12.9. The largest absolute Gasteiger partial charge is 0.311 e. The number of pyridine rings is 1. The number of rotatable bonds is 6. The third kappa shape index (κ3) is 4.30. The fourth-order valence-electron chi connectivity index (χ4n) is 2.04. The van der Waals surface area contributed by atoms with Crippen molar-refractivity contribution < 1.29 is 0 Å². The Morgan fingerprint density at radius 2 is 2.53 bits per heavy atom. The lowest BCUT2D eigenvalue weighted by atomic mass is 10.2. The summed E-state index contributed by atoms with van der Waals surface area (Å²) in [4.78, 5) is 6.59. The Morgan fingerprint density at radius 3 is 3.24 bits per heavy atom. The molecule has 1 N–H and O–H groups in total. The van der Waals surface area contributed by atoms with Crippen LogP contribution < -0.4 is 5.32 Å². The van der Waals surface area contributed by atoms with Gasteiger partial charge >= 0.3 is 0 Å². The van der Waals surface area contributed by atoms with E-state index in [1.54, 1.807) is 0 Å². The number of thioether (sulfide) groups is 1. The number of hydrogen-bond donors (Lipinski definition) is 1. The second kappa shape index (κ2) is 6.99. The van der Waals surface area contributed by atoms with Crippen LogP contribution in [0.1, 0.15) is 12.0 Å². The Hall–Kier alpha value is -0.580. The Morgan fingerprint density at radius 1 is 1.59 bits per heavy atom. The lowest BCUT2D eigenvalue weighted by Crippen LogP contribution is -2.36. The number of aromatic nitrogens is 1. The molecule has 1 aliphatic rings. The van der Waals surface area contributed by atoms with Gasteiger partial charge in [-0.05, 0) is 30.9 Å². The summed E-state index contributed by atoms with van der Waals surface area (Å²) in [6.07, 6.45) is 5.09. The summed E-state index contributed by atoms with van der Waals surface area (Å²) in [6.45, 7) is 3.10. The molecule has 4 heteroatoms. The van der Waals surface area contributed by atoms with E-state index in [2.05, 4.69) is 40.1 Å².